The van der Waals surface area contributed by atoms with Crippen molar-refractivity contribution in [2.45, 2.75) is 245 Å². The maximum atomic E-state index is 12.8. The fourth-order valence-electron chi connectivity index (χ4n) is 7.01. The summed E-state index contributed by atoms with van der Waals surface area (Å²) in [4.78, 5) is 25.4. The quantitative estimate of drug-likeness (QED) is 0.0347. The molecule has 0 aromatic heterocycles. The van der Waals surface area contributed by atoms with Gasteiger partial charge >= 0.3 is 11.9 Å². The fraction of sp³-hybridized carbons (Fsp3) is 0.745. The second-order valence-electron chi connectivity index (χ2n) is 16.7. The molecule has 0 N–H and O–H groups in total. The summed E-state index contributed by atoms with van der Waals surface area (Å²) in [6.45, 7) is 7.56. The molecule has 1 unspecified atom stereocenters. The molecule has 0 aliphatic heterocycles. The summed E-state index contributed by atoms with van der Waals surface area (Å²) in [5, 5.41) is 0. The molecular formula is C55H96O5. The van der Waals surface area contributed by atoms with Gasteiger partial charge in [-0.25, -0.2) is 0 Å². The van der Waals surface area contributed by atoms with Crippen molar-refractivity contribution in [3.63, 3.8) is 0 Å². The molecule has 0 heterocycles. The van der Waals surface area contributed by atoms with E-state index in [2.05, 4.69) is 93.7 Å². The maximum absolute atomic E-state index is 12.8. The highest BCUT2D eigenvalue weighted by atomic mass is 16.6. The number of ether oxygens (including phenoxy) is 3. The summed E-state index contributed by atoms with van der Waals surface area (Å²) >= 11 is 0. The van der Waals surface area contributed by atoms with Crippen LogP contribution in [0.25, 0.3) is 0 Å². The van der Waals surface area contributed by atoms with Crippen molar-refractivity contribution >= 4 is 11.9 Å². The van der Waals surface area contributed by atoms with E-state index in [0.29, 0.717) is 19.4 Å². The van der Waals surface area contributed by atoms with Crippen LogP contribution in [0, 0.1) is 0 Å². The van der Waals surface area contributed by atoms with Gasteiger partial charge in [0.15, 0.2) is 6.10 Å². The van der Waals surface area contributed by atoms with Crippen LogP contribution in [0.15, 0.2) is 72.9 Å². The predicted octanol–water partition coefficient (Wildman–Crippen LogP) is 17.1. The van der Waals surface area contributed by atoms with E-state index in [-0.39, 0.29) is 25.2 Å². The van der Waals surface area contributed by atoms with Crippen molar-refractivity contribution in [3.8, 4) is 0 Å². The number of hydrogen-bond acceptors (Lipinski definition) is 5. The minimum absolute atomic E-state index is 0.0679. The van der Waals surface area contributed by atoms with E-state index in [9.17, 15) is 9.59 Å². The first-order valence-corrected chi connectivity index (χ1v) is 25.5. The van der Waals surface area contributed by atoms with Gasteiger partial charge < -0.3 is 14.2 Å². The normalized spacial score (nSPS) is 12.8. The number of rotatable bonds is 46. The molecule has 0 bridgehead atoms. The molecule has 1 atom stereocenters. The fourth-order valence-corrected chi connectivity index (χ4v) is 7.01. The van der Waals surface area contributed by atoms with Crippen molar-refractivity contribution in [3.05, 3.63) is 72.9 Å². The highest BCUT2D eigenvalue weighted by Gasteiger charge is 2.17. The lowest BCUT2D eigenvalue weighted by atomic mass is 10.0. The van der Waals surface area contributed by atoms with Gasteiger partial charge in [0, 0.05) is 19.4 Å². The molecule has 0 saturated carbocycles. The van der Waals surface area contributed by atoms with Crippen LogP contribution in [-0.4, -0.2) is 37.9 Å². The van der Waals surface area contributed by atoms with Gasteiger partial charge in [0.25, 0.3) is 0 Å². The molecule has 0 amide bonds. The second-order valence-corrected chi connectivity index (χ2v) is 16.7. The third-order valence-electron chi connectivity index (χ3n) is 10.7. The molecule has 0 aliphatic carbocycles. The number of allylic oxidation sites excluding steroid dienone is 12. The lowest BCUT2D eigenvalue weighted by Crippen LogP contribution is -2.30. The van der Waals surface area contributed by atoms with E-state index in [4.69, 9.17) is 14.2 Å². The topological polar surface area (TPSA) is 61.8 Å². The molecule has 5 nitrogen and oxygen atoms in total. The molecule has 0 aliphatic rings. The maximum Gasteiger partial charge on any atom is 0.306 e. The summed E-state index contributed by atoms with van der Waals surface area (Å²) in [5.41, 5.74) is 0. The lowest BCUT2D eigenvalue weighted by molar-refractivity contribution is -0.163. The van der Waals surface area contributed by atoms with Crippen LogP contribution in [0.1, 0.15) is 239 Å². The van der Waals surface area contributed by atoms with Crippen molar-refractivity contribution in [2.24, 2.45) is 0 Å². The molecule has 0 rings (SSSR count). The van der Waals surface area contributed by atoms with E-state index >= 15 is 0 Å². The Kier molecular flexibility index (Phi) is 48.4. The summed E-state index contributed by atoms with van der Waals surface area (Å²) in [7, 11) is 0. The minimum Gasteiger partial charge on any atom is -0.462 e. The Morgan fingerprint density at radius 1 is 0.383 bits per heavy atom. The molecule has 0 spiro atoms. The van der Waals surface area contributed by atoms with Crippen LogP contribution in [-0.2, 0) is 23.8 Å². The molecule has 60 heavy (non-hydrogen) atoms. The largest absolute Gasteiger partial charge is 0.462 e. The van der Waals surface area contributed by atoms with Crippen molar-refractivity contribution < 1.29 is 23.8 Å². The first-order valence-electron chi connectivity index (χ1n) is 25.5. The Morgan fingerprint density at radius 2 is 0.750 bits per heavy atom. The molecular weight excluding hydrogens is 741 g/mol. The minimum atomic E-state index is -0.558. The summed E-state index contributed by atoms with van der Waals surface area (Å²) in [6.07, 6.45) is 64.8. The van der Waals surface area contributed by atoms with Gasteiger partial charge in [-0.05, 0) is 83.5 Å². The van der Waals surface area contributed by atoms with E-state index in [0.717, 1.165) is 96.3 Å². The highest BCUT2D eigenvalue weighted by Crippen LogP contribution is 2.15. The van der Waals surface area contributed by atoms with Crippen LogP contribution in [0.2, 0.25) is 0 Å². The third kappa shape index (κ3) is 48.0. The molecule has 0 saturated heterocycles. The van der Waals surface area contributed by atoms with Crippen LogP contribution in [0.4, 0.5) is 0 Å². The predicted molar refractivity (Wildman–Crippen MR) is 260 cm³/mol. The van der Waals surface area contributed by atoms with Gasteiger partial charge in [-0.3, -0.25) is 9.59 Å². The van der Waals surface area contributed by atoms with Gasteiger partial charge in [-0.15, -0.1) is 0 Å². The Bertz CT molecular complexity index is 1080. The first-order chi connectivity index (χ1) is 29.6. The van der Waals surface area contributed by atoms with Crippen molar-refractivity contribution in [1.82, 2.24) is 0 Å². The van der Waals surface area contributed by atoms with Crippen LogP contribution in [0.3, 0.4) is 0 Å². The molecule has 0 fully saturated rings. The van der Waals surface area contributed by atoms with Gasteiger partial charge in [0.2, 0.25) is 0 Å². The van der Waals surface area contributed by atoms with Crippen molar-refractivity contribution in [1.29, 1.82) is 0 Å². The second kappa shape index (κ2) is 50.7. The van der Waals surface area contributed by atoms with E-state index in [1.54, 1.807) is 0 Å². The number of unbranched alkanes of at least 4 members (excludes halogenated alkanes) is 23. The highest BCUT2D eigenvalue weighted by molar-refractivity contribution is 5.70. The van der Waals surface area contributed by atoms with Gasteiger partial charge in [0.1, 0.15) is 6.61 Å². The van der Waals surface area contributed by atoms with Gasteiger partial charge in [-0.1, -0.05) is 216 Å². The van der Waals surface area contributed by atoms with Crippen LogP contribution < -0.4 is 0 Å². The number of carbonyl (C=O) groups is 2. The lowest BCUT2D eigenvalue weighted by Gasteiger charge is -2.18. The molecule has 346 valence electrons. The number of esters is 2. The zero-order chi connectivity index (χ0) is 43.5. The smallest absolute Gasteiger partial charge is 0.306 e. The SMILES string of the molecule is CC/C=C\C/C=C\C/C=C\CCCCCCCCOCC(COC(=O)CCCCCCCCCCCCCCCCC)OC(=O)CCCCC/C=C\C/C=C\C/C=C\CC. The summed E-state index contributed by atoms with van der Waals surface area (Å²) in [6, 6.07) is 0. The van der Waals surface area contributed by atoms with Crippen LogP contribution in [0.5, 0.6) is 0 Å². The number of carbonyl (C=O) groups excluding carboxylic acids is 2. The Hall–Kier alpha value is -2.66. The Labute approximate surface area is 372 Å². The number of hydrogen-bond donors (Lipinski definition) is 0. The summed E-state index contributed by atoms with van der Waals surface area (Å²) < 4.78 is 17.4. The Morgan fingerprint density at radius 3 is 1.22 bits per heavy atom. The average molecular weight is 837 g/mol. The van der Waals surface area contributed by atoms with E-state index in [1.807, 2.05) is 0 Å². The van der Waals surface area contributed by atoms with Crippen molar-refractivity contribution in [2.75, 3.05) is 19.8 Å². The Balaban J connectivity index is 4.31. The molecule has 5 heteroatoms. The standard InChI is InChI=1S/C55H96O5/c1-4-7-10-13-16-19-22-25-27-29-32-35-38-41-44-47-50-58-51-53(60-55(57)49-46-43-40-37-34-30-24-21-18-15-12-9-6-3)52-59-54(56)48-45-42-39-36-33-31-28-26-23-20-17-14-11-8-5-2/h7,9-10,12,16,18-19,21,25,27,30,34,53H,4-6,8,11,13-15,17,20,22-24,26,28-29,31-33,35-52H2,1-3H3/b10-7-,12-9-,19-16-,21-18-,27-25-,34-30-. The van der Waals surface area contributed by atoms with Gasteiger partial charge in [-0.2, -0.15) is 0 Å². The molecule has 0 aromatic carbocycles. The monoisotopic (exact) mass is 837 g/mol. The first kappa shape index (κ1) is 57.3. The third-order valence-corrected chi connectivity index (χ3v) is 10.7. The van der Waals surface area contributed by atoms with E-state index < -0.39 is 6.10 Å². The average Bonchev–Trinajstić information content (AvgIpc) is 3.25. The summed E-state index contributed by atoms with van der Waals surface area (Å²) in [5.74, 6) is -0.434. The zero-order valence-electron chi connectivity index (χ0n) is 39.7. The van der Waals surface area contributed by atoms with E-state index in [1.165, 1.54) is 109 Å². The zero-order valence-corrected chi connectivity index (χ0v) is 39.7. The van der Waals surface area contributed by atoms with Gasteiger partial charge in [0.05, 0.1) is 6.61 Å². The molecule has 0 radical (unpaired) electrons. The van der Waals surface area contributed by atoms with Crippen LogP contribution >= 0.6 is 0 Å². The molecule has 0 aromatic rings.